The Morgan fingerprint density at radius 3 is 1.29 bits per heavy atom. The zero-order valence-corrected chi connectivity index (χ0v) is 36.6. The van der Waals surface area contributed by atoms with Crippen LogP contribution in [-0.2, 0) is 13.1 Å². The molecular weight excluding hydrogens is 729 g/mol. The molecule has 0 saturated heterocycles. The van der Waals surface area contributed by atoms with Crippen LogP contribution >= 0.6 is 0 Å². The van der Waals surface area contributed by atoms with Crippen molar-refractivity contribution in [3.05, 3.63) is 97.1 Å². The van der Waals surface area contributed by atoms with Crippen LogP contribution in [0.3, 0.4) is 0 Å². The van der Waals surface area contributed by atoms with Gasteiger partial charge in [-0.15, -0.1) is 0 Å². The lowest BCUT2D eigenvalue weighted by atomic mass is 10.2. The van der Waals surface area contributed by atoms with Crippen LogP contribution in [0.2, 0.25) is 0 Å². The molecule has 0 atom stereocenters. The van der Waals surface area contributed by atoms with Crippen LogP contribution in [0.1, 0.15) is 98.3 Å². The summed E-state index contributed by atoms with van der Waals surface area (Å²) in [5.74, 6) is 3.85. The zero-order chi connectivity index (χ0) is 41.1. The minimum atomic E-state index is 0.730. The predicted molar refractivity (Wildman–Crippen MR) is 248 cm³/mol. The topological polar surface area (TPSA) is 60.6 Å². The molecule has 0 saturated carbocycles. The lowest BCUT2D eigenvalue weighted by Gasteiger charge is -2.20. The molecule has 0 N–H and O–H groups in total. The first kappa shape index (κ1) is 43.9. The number of unbranched alkanes of at least 4 members (excludes halogenated alkanes) is 4. The van der Waals surface area contributed by atoms with Gasteiger partial charge in [-0.3, -0.25) is 0 Å². The number of aromatic nitrogens is 4. The monoisotopic (exact) mass is 799 g/mol. The normalized spacial score (nSPS) is 11.8. The Morgan fingerprint density at radius 2 is 0.831 bits per heavy atom. The second kappa shape index (κ2) is 23.8. The Hall–Kier alpha value is -4.66. The number of rotatable bonds is 28. The Kier molecular flexibility index (Phi) is 17.7. The van der Waals surface area contributed by atoms with Crippen molar-refractivity contribution >= 4 is 22.1 Å². The van der Waals surface area contributed by atoms with Crippen molar-refractivity contribution in [3.63, 3.8) is 0 Å². The Bertz CT molecular complexity index is 2070. The molecule has 8 nitrogen and oxygen atoms in total. The van der Waals surface area contributed by atoms with Crippen LogP contribution in [-0.4, -0.2) is 81.4 Å². The maximum atomic E-state index is 6.17. The van der Waals surface area contributed by atoms with Crippen molar-refractivity contribution in [2.45, 2.75) is 111 Å². The molecule has 0 fully saturated rings. The lowest BCUT2D eigenvalue weighted by molar-refractivity contribution is 0.234. The van der Waals surface area contributed by atoms with E-state index >= 15 is 0 Å². The first-order chi connectivity index (χ1) is 29.1. The maximum absolute atomic E-state index is 6.17. The second-order valence-electron chi connectivity index (χ2n) is 16.1. The fraction of sp³-hybridized carbons (Fsp3) is 0.490. The average Bonchev–Trinajstić information content (AvgIpc) is 3.82. The highest BCUT2D eigenvalue weighted by molar-refractivity contribution is 5.81. The second-order valence-corrected chi connectivity index (χ2v) is 16.1. The Morgan fingerprint density at radius 1 is 0.424 bits per heavy atom. The third-order valence-corrected chi connectivity index (χ3v) is 11.2. The summed E-state index contributed by atoms with van der Waals surface area (Å²) < 4.78 is 17.1. The smallest absolute Gasteiger partial charge is 0.141 e. The first-order valence-corrected chi connectivity index (χ1v) is 22.9. The third-order valence-electron chi connectivity index (χ3n) is 11.2. The SMILES string of the molecule is CCCN(CCC)CCCCCCOc1ccc(-c2nc3ccccc3n2CCCCn2c(-c3ccc(OCCCN(CCC)CCC)cc3)nc3ccccc32)cc1. The standard InChI is InChI=1S/C51H70N6O2/c1-5-32-54(33-6-2)36-15-9-10-18-40-58-44-28-24-42(25-29-44)50-52-46-20-11-13-22-48(46)56(50)38-16-17-39-57-49-23-14-12-21-47(49)53-51(57)43-26-30-45(31-27-43)59-41-19-37-55(34-7-3)35-8-4/h11-14,20-31H,5-10,15-19,32-41H2,1-4H3. The fourth-order valence-electron chi connectivity index (χ4n) is 8.38. The molecule has 0 radical (unpaired) electrons. The summed E-state index contributed by atoms with van der Waals surface area (Å²) in [6, 6.07) is 34.0. The molecule has 0 aliphatic heterocycles. The van der Waals surface area contributed by atoms with Crippen molar-refractivity contribution in [3.8, 4) is 34.3 Å². The summed E-state index contributed by atoms with van der Waals surface area (Å²) >= 11 is 0. The van der Waals surface area contributed by atoms with Crippen LogP contribution in [0.5, 0.6) is 11.5 Å². The van der Waals surface area contributed by atoms with E-state index in [0.29, 0.717) is 0 Å². The van der Waals surface area contributed by atoms with E-state index in [0.717, 1.165) is 117 Å². The van der Waals surface area contributed by atoms with Gasteiger partial charge in [0.05, 0.1) is 35.3 Å². The fourth-order valence-corrected chi connectivity index (χ4v) is 8.38. The molecule has 4 aromatic carbocycles. The summed E-state index contributed by atoms with van der Waals surface area (Å²) in [5.41, 5.74) is 6.62. The van der Waals surface area contributed by atoms with Crippen molar-refractivity contribution < 1.29 is 9.47 Å². The minimum absolute atomic E-state index is 0.730. The molecule has 6 aromatic rings. The van der Waals surface area contributed by atoms with Gasteiger partial charge in [0, 0.05) is 30.8 Å². The molecule has 0 aliphatic rings. The van der Waals surface area contributed by atoms with Crippen molar-refractivity contribution in [1.29, 1.82) is 0 Å². The third kappa shape index (κ3) is 12.7. The average molecular weight is 799 g/mol. The van der Waals surface area contributed by atoms with Gasteiger partial charge >= 0.3 is 0 Å². The number of ether oxygens (including phenoxy) is 2. The summed E-state index contributed by atoms with van der Waals surface area (Å²) in [6.07, 6.45) is 12.8. The van der Waals surface area contributed by atoms with E-state index in [9.17, 15) is 0 Å². The first-order valence-electron chi connectivity index (χ1n) is 22.9. The zero-order valence-electron chi connectivity index (χ0n) is 36.6. The van der Waals surface area contributed by atoms with Crippen LogP contribution in [0, 0.1) is 0 Å². The molecule has 2 aromatic heterocycles. The molecule has 0 amide bonds. The van der Waals surface area contributed by atoms with Gasteiger partial charge < -0.3 is 28.4 Å². The molecule has 8 heteroatoms. The van der Waals surface area contributed by atoms with Crippen LogP contribution in [0.15, 0.2) is 97.1 Å². The highest BCUT2D eigenvalue weighted by atomic mass is 16.5. The minimum Gasteiger partial charge on any atom is -0.494 e. The van der Waals surface area contributed by atoms with E-state index in [1.807, 2.05) is 0 Å². The quantitative estimate of drug-likeness (QED) is 0.0461. The highest BCUT2D eigenvalue weighted by Gasteiger charge is 2.15. The molecule has 0 aliphatic carbocycles. The van der Waals surface area contributed by atoms with Crippen molar-refractivity contribution in [2.75, 3.05) is 52.5 Å². The van der Waals surface area contributed by atoms with E-state index in [2.05, 4.69) is 144 Å². The van der Waals surface area contributed by atoms with Gasteiger partial charge in [-0.1, -0.05) is 64.8 Å². The van der Waals surface area contributed by atoms with Gasteiger partial charge in [0.25, 0.3) is 0 Å². The summed E-state index contributed by atoms with van der Waals surface area (Å²) in [4.78, 5) is 15.4. The number of hydrogen-bond acceptors (Lipinski definition) is 6. The van der Waals surface area contributed by atoms with Crippen LogP contribution in [0.4, 0.5) is 0 Å². The van der Waals surface area contributed by atoms with Crippen LogP contribution in [0.25, 0.3) is 44.8 Å². The maximum Gasteiger partial charge on any atom is 0.141 e. The Balaban J connectivity index is 1.03. The molecule has 316 valence electrons. The molecule has 6 rings (SSSR count). The highest BCUT2D eigenvalue weighted by Crippen LogP contribution is 2.29. The number of nitrogens with zero attached hydrogens (tertiary/aromatic N) is 6. The molecule has 2 heterocycles. The van der Waals surface area contributed by atoms with Crippen molar-refractivity contribution in [2.24, 2.45) is 0 Å². The Labute approximate surface area is 354 Å². The molecule has 0 unspecified atom stereocenters. The molecule has 0 bridgehead atoms. The molecular formula is C51H70N6O2. The van der Waals surface area contributed by atoms with Crippen molar-refractivity contribution in [1.82, 2.24) is 28.9 Å². The van der Waals surface area contributed by atoms with Gasteiger partial charge in [-0.05, 0) is 163 Å². The van der Waals surface area contributed by atoms with Gasteiger partial charge in [0.1, 0.15) is 23.1 Å². The van der Waals surface area contributed by atoms with E-state index in [4.69, 9.17) is 19.4 Å². The van der Waals surface area contributed by atoms with Gasteiger partial charge in [-0.25, -0.2) is 9.97 Å². The van der Waals surface area contributed by atoms with E-state index < -0.39 is 0 Å². The van der Waals surface area contributed by atoms with E-state index in [1.165, 1.54) is 75.6 Å². The van der Waals surface area contributed by atoms with E-state index in [-0.39, 0.29) is 0 Å². The molecule has 0 spiro atoms. The number of fused-ring (bicyclic) bond motifs is 2. The summed E-state index contributed by atoms with van der Waals surface area (Å²) in [6.45, 7) is 19.4. The molecule has 59 heavy (non-hydrogen) atoms. The number of imidazole rings is 2. The van der Waals surface area contributed by atoms with Crippen LogP contribution < -0.4 is 9.47 Å². The van der Waals surface area contributed by atoms with Gasteiger partial charge in [0.2, 0.25) is 0 Å². The summed E-state index contributed by atoms with van der Waals surface area (Å²) in [5, 5.41) is 0. The van der Waals surface area contributed by atoms with Gasteiger partial charge in [0.15, 0.2) is 0 Å². The van der Waals surface area contributed by atoms with E-state index in [1.54, 1.807) is 0 Å². The summed E-state index contributed by atoms with van der Waals surface area (Å²) in [7, 11) is 0. The lowest BCUT2D eigenvalue weighted by Crippen LogP contribution is -2.27. The largest absolute Gasteiger partial charge is 0.494 e. The van der Waals surface area contributed by atoms with Gasteiger partial charge in [-0.2, -0.15) is 0 Å². The number of benzene rings is 4. The number of hydrogen-bond donors (Lipinski definition) is 0. The predicted octanol–water partition coefficient (Wildman–Crippen LogP) is 12.2. The number of para-hydroxylation sites is 4. The number of aryl methyl sites for hydroxylation is 2.